The molecule has 0 aromatic carbocycles. The normalized spacial score (nSPS) is 6.30. The maximum absolute atomic E-state index is 8.19. The number of aromatic nitrogens is 1. The fourth-order valence-electron chi connectivity index (χ4n) is 0.386. The van der Waals surface area contributed by atoms with E-state index in [0.717, 1.165) is 0 Å². The molecule has 1 aromatic rings. The maximum Gasteiger partial charge on any atom is 0.0141 e. The Labute approximate surface area is 82.8 Å². The Morgan fingerprint density at radius 2 is 2.30 bits per heavy atom. The molecule has 0 aliphatic carbocycles. The van der Waals surface area contributed by atoms with Crippen molar-refractivity contribution in [1.29, 1.82) is 5.26 Å². The minimum Gasteiger partial charge on any atom is -0.287 e. The van der Waals surface area contributed by atoms with Crippen molar-refractivity contribution < 1.29 is 19.5 Å². The van der Waals surface area contributed by atoms with Gasteiger partial charge in [0, 0.05) is 25.2 Å². The molecule has 1 heterocycles. The van der Waals surface area contributed by atoms with Crippen LogP contribution in [0.4, 0.5) is 0 Å². The van der Waals surface area contributed by atoms with E-state index >= 15 is 0 Å². The molecule has 0 bridgehead atoms. The van der Waals surface area contributed by atoms with Gasteiger partial charge in [0.2, 0.25) is 0 Å². The molecule has 2 nitrogen and oxygen atoms in total. The van der Waals surface area contributed by atoms with Crippen molar-refractivity contribution in [1.82, 2.24) is 4.98 Å². The van der Waals surface area contributed by atoms with Gasteiger partial charge in [-0.25, -0.2) is 0 Å². The van der Waals surface area contributed by atoms with E-state index in [1.165, 1.54) is 0 Å². The van der Waals surface area contributed by atoms with Crippen molar-refractivity contribution >= 4 is 17.0 Å². The van der Waals surface area contributed by atoms with Gasteiger partial charge in [-0.1, -0.05) is 0 Å². The summed E-state index contributed by atoms with van der Waals surface area (Å²) in [5.41, 5.74) is 0.340. The molecule has 48 valence electrons. The van der Waals surface area contributed by atoms with Crippen LogP contribution in [0.1, 0.15) is 5.69 Å². The van der Waals surface area contributed by atoms with Crippen LogP contribution < -0.4 is 0 Å². The van der Waals surface area contributed by atoms with E-state index in [1.54, 1.807) is 18.3 Å². The summed E-state index contributed by atoms with van der Waals surface area (Å²) in [6.07, 6.45) is 1.56. The summed E-state index contributed by atoms with van der Waals surface area (Å²) in [7, 11) is 0. The Hall–Kier alpha value is -0.257. The van der Waals surface area contributed by atoms with Crippen LogP contribution in [0.3, 0.4) is 0 Å². The maximum atomic E-state index is 8.19. The van der Waals surface area contributed by atoms with Gasteiger partial charge in [0.05, 0.1) is 0 Å². The van der Waals surface area contributed by atoms with Crippen LogP contribution in [-0.4, -0.2) is 4.98 Å². The summed E-state index contributed by atoms with van der Waals surface area (Å²) in [6, 6.07) is 7.89. The van der Waals surface area contributed by atoms with E-state index in [0.29, 0.717) is 5.69 Å². The zero-order valence-electron chi connectivity index (χ0n) is 5.24. The van der Waals surface area contributed by atoms with Gasteiger partial charge >= 0.3 is 0 Å². The van der Waals surface area contributed by atoms with Gasteiger partial charge in [0.25, 0.3) is 0 Å². The second-order valence-corrected chi connectivity index (χ2v) is 1.24. The second-order valence-electron chi connectivity index (χ2n) is 1.24. The quantitative estimate of drug-likeness (QED) is 0.514. The van der Waals surface area contributed by atoms with Crippen LogP contribution in [0.5, 0.6) is 0 Å². The van der Waals surface area contributed by atoms with E-state index in [2.05, 4.69) is 11.1 Å². The molecular formula is C6H4BrN2Zn-. The molecule has 10 heavy (non-hydrogen) atoms. The Kier molecular flexibility index (Phi) is 8.52. The first kappa shape index (κ1) is 12.4. The molecule has 0 spiro atoms. The molecule has 1 aromatic heterocycles. The Bertz CT molecular complexity index is 207. The zero-order chi connectivity index (χ0) is 5.82. The van der Waals surface area contributed by atoms with Crippen LogP contribution in [0.2, 0.25) is 0 Å². The molecule has 0 saturated heterocycles. The van der Waals surface area contributed by atoms with E-state index in [1.807, 2.05) is 6.07 Å². The number of pyridine rings is 1. The average molecular weight is 249 g/mol. The number of rotatable bonds is 0. The number of nitrogens with zero attached hydrogens (tertiary/aromatic N) is 2. The van der Waals surface area contributed by atoms with Gasteiger partial charge in [-0.3, -0.25) is 10.2 Å². The first-order chi connectivity index (χ1) is 3.93. The Morgan fingerprint density at radius 3 is 2.60 bits per heavy atom. The monoisotopic (exact) mass is 247 g/mol. The van der Waals surface area contributed by atoms with Crippen molar-refractivity contribution in [3.8, 4) is 6.07 Å². The number of halogens is 1. The molecule has 0 fully saturated rings. The van der Waals surface area contributed by atoms with Crippen LogP contribution >= 0.6 is 17.0 Å². The minimum absolute atomic E-state index is 0. The molecule has 0 aliphatic rings. The van der Waals surface area contributed by atoms with Gasteiger partial charge in [0.1, 0.15) is 0 Å². The van der Waals surface area contributed by atoms with Gasteiger partial charge in [-0.2, -0.15) is 6.07 Å². The largest absolute Gasteiger partial charge is 0.287 e. The van der Waals surface area contributed by atoms with Crippen LogP contribution in [-0.2, 0) is 19.5 Å². The second kappa shape index (κ2) is 6.86. The first-order valence-corrected chi connectivity index (χ1v) is 2.16. The van der Waals surface area contributed by atoms with Gasteiger partial charge in [0.15, 0.2) is 0 Å². The molecule has 4 heteroatoms. The zero-order valence-corrected chi connectivity index (χ0v) is 9.92. The van der Waals surface area contributed by atoms with Crippen LogP contribution in [0.25, 0.3) is 0 Å². The Morgan fingerprint density at radius 1 is 1.60 bits per heavy atom. The smallest absolute Gasteiger partial charge is 0.0141 e. The van der Waals surface area contributed by atoms with E-state index in [9.17, 15) is 0 Å². The average Bonchev–Trinajstić information content (AvgIpc) is 1.90. The fraction of sp³-hybridized carbons (Fsp3) is 0. The van der Waals surface area contributed by atoms with Crippen molar-refractivity contribution in [3.05, 3.63) is 30.1 Å². The van der Waals surface area contributed by atoms with Crippen molar-refractivity contribution in [2.45, 2.75) is 0 Å². The third kappa shape index (κ3) is 3.71. The van der Waals surface area contributed by atoms with E-state index in [-0.39, 0.29) is 36.5 Å². The Balaban J connectivity index is 0. The summed E-state index contributed by atoms with van der Waals surface area (Å²) in [5.74, 6) is 0. The predicted octanol–water partition coefficient (Wildman–Crippen LogP) is 1.33. The number of nitriles is 1. The predicted molar refractivity (Wildman–Crippen MR) is 38.1 cm³/mol. The van der Waals surface area contributed by atoms with Crippen molar-refractivity contribution in [2.75, 3.05) is 0 Å². The summed E-state index contributed by atoms with van der Waals surface area (Å²) in [5, 5.41) is 8.19. The number of hydrogen-bond donors (Lipinski definition) is 0. The molecular weight excluding hydrogens is 245 g/mol. The molecule has 0 aliphatic heterocycles. The third-order valence-electron chi connectivity index (χ3n) is 0.712. The topological polar surface area (TPSA) is 36.7 Å². The van der Waals surface area contributed by atoms with E-state index < -0.39 is 0 Å². The molecule has 0 saturated carbocycles. The summed E-state index contributed by atoms with van der Waals surface area (Å²) in [4.78, 5) is 3.68. The fourth-order valence-corrected chi connectivity index (χ4v) is 0.386. The molecule has 1 rings (SSSR count). The SMILES string of the molecule is Br.N#Cc1[c-]cccn1.[Zn]. The molecule has 0 radical (unpaired) electrons. The van der Waals surface area contributed by atoms with Crippen LogP contribution in [0, 0.1) is 17.4 Å². The number of hydrogen-bond acceptors (Lipinski definition) is 2. The van der Waals surface area contributed by atoms with Gasteiger partial charge < -0.3 is 0 Å². The summed E-state index contributed by atoms with van der Waals surface area (Å²) in [6.45, 7) is 0. The minimum atomic E-state index is 0. The summed E-state index contributed by atoms with van der Waals surface area (Å²) < 4.78 is 0. The van der Waals surface area contributed by atoms with Crippen molar-refractivity contribution in [2.24, 2.45) is 0 Å². The van der Waals surface area contributed by atoms with E-state index in [4.69, 9.17) is 5.26 Å². The van der Waals surface area contributed by atoms with Gasteiger partial charge in [-0.15, -0.1) is 29.1 Å². The molecule has 0 amide bonds. The third-order valence-corrected chi connectivity index (χ3v) is 0.712. The molecule has 0 N–H and O–H groups in total. The van der Waals surface area contributed by atoms with Crippen molar-refractivity contribution in [3.63, 3.8) is 0 Å². The van der Waals surface area contributed by atoms with Gasteiger partial charge in [-0.05, 0) is 12.3 Å². The molecule has 0 atom stereocenters. The standard InChI is InChI=1S/C6H3N2.BrH.Zn/c7-5-6-3-1-2-4-8-6;;/h1-2,4H;1H;/q-1;;. The summed E-state index contributed by atoms with van der Waals surface area (Å²) >= 11 is 0. The molecule has 0 unspecified atom stereocenters. The van der Waals surface area contributed by atoms with Crippen LogP contribution in [0.15, 0.2) is 18.3 Å². The first-order valence-electron chi connectivity index (χ1n) is 2.16.